The van der Waals surface area contributed by atoms with Gasteiger partial charge in [-0.1, -0.05) is 15.9 Å². The molecule has 1 atom stereocenters. The lowest BCUT2D eigenvalue weighted by atomic mass is 10.1. The first-order valence-corrected chi connectivity index (χ1v) is 5.03. The van der Waals surface area contributed by atoms with Crippen molar-refractivity contribution in [3.05, 3.63) is 38.3 Å². The molecule has 0 saturated carbocycles. The number of nitro benzene ring substituents is 1. The molecule has 0 aliphatic heterocycles. The van der Waals surface area contributed by atoms with Crippen LogP contribution < -0.4 is 5.73 Å². The zero-order valence-corrected chi connectivity index (χ0v) is 9.93. The third-order valence-electron chi connectivity index (χ3n) is 1.93. The molecule has 0 aliphatic carbocycles. The summed E-state index contributed by atoms with van der Waals surface area (Å²) in [5, 5.41) is 10.6. The van der Waals surface area contributed by atoms with E-state index in [1.54, 1.807) is 0 Å². The molecule has 0 aromatic heterocycles. The number of halogens is 1. The van der Waals surface area contributed by atoms with Crippen molar-refractivity contribution in [2.45, 2.75) is 6.04 Å². The molecule has 1 aromatic carbocycles. The molecule has 1 aromatic rings. The molecular formula is C9H9BrN2O4. The number of carbonyl (C=O) groups is 1. The van der Waals surface area contributed by atoms with Crippen LogP contribution in [0, 0.1) is 10.1 Å². The van der Waals surface area contributed by atoms with Crippen molar-refractivity contribution in [2.24, 2.45) is 5.73 Å². The molecule has 0 radical (unpaired) electrons. The molecule has 7 heteroatoms. The standard InChI is InChI=1S/C9H9BrN2O4/c1-16-9(13)8(11)5-2-6(10)4-7(3-5)12(14)15/h2-4,8H,11H2,1H3. The van der Waals surface area contributed by atoms with Crippen LogP contribution in [0.2, 0.25) is 0 Å². The summed E-state index contributed by atoms with van der Waals surface area (Å²) in [6, 6.07) is 3.08. The lowest BCUT2D eigenvalue weighted by Gasteiger charge is -2.09. The van der Waals surface area contributed by atoms with Crippen LogP contribution in [-0.4, -0.2) is 18.0 Å². The van der Waals surface area contributed by atoms with Crippen LogP contribution in [0.4, 0.5) is 5.69 Å². The minimum Gasteiger partial charge on any atom is -0.468 e. The highest BCUT2D eigenvalue weighted by Gasteiger charge is 2.19. The molecule has 6 nitrogen and oxygen atoms in total. The molecule has 0 amide bonds. The van der Waals surface area contributed by atoms with Gasteiger partial charge in [0.2, 0.25) is 0 Å². The average Bonchev–Trinajstić information content (AvgIpc) is 2.26. The summed E-state index contributed by atoms with van der Waals surface area (Å²) in [7, 11) is 1.20. The Kier molecular flexibility index (Phi) is 3.97. The zero-order chi connectivity index (χ0) is 12.3. The summed E-state index contributed by atoms with van der Waals surface area (Å²) < 4.78 is 4.94. The first-order valence-electron chi connectivity index (χ1n) is 4.24. The Bertz CT molecular complexity index is 436. The monoisotopic (exact) mass is 288 g/mol. The van der Waals surface area contributed by atoms with E-state index in [9.17, 15) is 14.9 Å². The van der Waals surface area contributed by atoms with Gasteiger partial charge in [-0.3, -0.25) is 14.9 Å². The summed E-state index contributed by atoms with van der Waals surface area (Å²) in [5.41, 5.74) is 5.76. The minimum atomic E-state index is -1.03. The van der Waals surface area contributed by atoms with Gasteiger partial charge in [0.15, 0.2) is 0 Å². The van der Waals surface area contributed by atoms with Gasteiger partial charge in [0, 0.05) is 16.6 Å². The normalized spacial score (nSPS) is 11.9. The Morgan fingerprint density at radius 3 is 2.69 bits per heavy atom. The molecule has 2 N–H and O–H groups in total. The summed E-state index contributed by atoms with van der Waals surface area (Å²) in [5.74, 6) is -0.646. The number of rotatable bonds is 3. The van der Waals surface area contributed by atoms with E-state index in [4.69, 9.17) is 5.73 Å². The van der Waals surface area contributed by atoms with E-state index in [0.29, 0.717) is 10.0 Å². The molecule has 86 valence electrons. The third kappa shape index (κ3) is 2.77. The minimum absolute atomic E-state index is 0.135. The van der Waals surface area contributed by atoms with Crippen LogP contribution in [-0.2, 0) is 9.53 Å². The van der Waals surface area contributed by atoms with Crippen molar-refractivity contribution in [3.8, 4) is 0 Å². The summed E-state index contributed by atoms with van der Waals surface area (Å²) in [6.07, 6.45) is 0. The number of benzene rings is 1. The predicted molar refractivity (Wildman–Crippen MR) is 59.7 cm³/mol. The van der Waals surface area contributed by atoms with E-state index in [1.165, 1.54) is 25.3 Å². The van der Waals surface area contributed by atoms with Crippen LogP contribution in [0.3, 0.4) is 0 Å². The van der Waals surface area contributed by atoms with Gasteiger partial charge in [-0.2, -0.15) is 0 Å². The fourth-order valence-electron chi connectivity index (χ4n) is 1.14. The van der Waals surface area contributed by atoms with E-state index >= 15 is 0 Å². The second-order valence-electron chi connectivity index (χ2n) is 3.00. The Morgan fingerprint density at radius 1 is 1.56 bits per heavy atom. The molecule has 1 unspecified atom stereocenters. The summed E-state index contributed by atoms with van der Waals surface area (Å²) >= 11 is 3.11. The highest BCUT2D eigenvalue weighted by atomic mass is 79.9. The summed E-state index contributed by atoms with van der Waals surface area (Å²) in [4.78, 5) is 21.2. The van der Waals surface area contributed by atoms with Gasteiger partial charge in [0.1, 0.15) is 6.04 Å². The SMILES string of the molecule is COC(=O)C(N)c1cc(Br)cc([N+](=O)[O-])c1. The summed E-state index contributed by atoms with van der Waals surface area (Å²) in [6.45, 7) is 0. The molecule has 0 spiro atoms. The number of nitrogens with zero attached hydrogens (tertiary/aromatic N) is 1. The van der Waals surface area contributed by atoms with Crippen molar-refractivity contribution < 1.29 is 14.5 Å². The number of hydrogen-bond donors (Lipinski definition) is 1. The smallest absolute Gasteiger partial charge is 0.327 e. The number of ether oxygens (including phenoxy) is 1. The molecule has 0 saturated heterocycles. The Morgan fingerprint density at radius 2 is 2.19 bits per heavy atom. The average molecular weight is 289 g/mol. The maximum atomic E-state index is 11.2. The van der Waals surface area contributed by atoms with Gasteiger partial charge in [-0.05, 0) is 11.6 Å². The first-order chi connectivity index (χ1) is 7.45. The fourth-order valence-corrected chi connectivity index (χ4v) is 1.64. The number of nitrogens with two attached hydrogens (primary N) is 1. The Balaban J connectivity index is 3.14. The van der Waals surface area contributed by atoms with Gasteiger partial charge < -0.3 is 10.5 Å². The van der Waals surface area contributed by atoms with E-state index < -0.39 is 16.9 Å². The molecule has 0 bridgehead atoms. The van der Waals surface area contributed by atoms with Gasteiger partial charge in [-0.25, -0.2) is 0 Å². The predicted octanol–water partition coefficient (Wildman–Crippen LogP) is 1.53. The van der Waals surface area contributed by atoms with Gasteiger partial charge in [0.05, 0.1) is 12.0 Å². The zero-order valence-electron chi connectivity index (χ0n) is 8.34. The van der Waals surface area contributed by atoms with Crippen LogP contribution in [0.1, 0.15) is 11.6 Å². The van der Waals surface area contributed by atoms with Crippen molar-refractivity contribution >= 4 is 27.6 Å². The van der Waals surface area contributed by atoms with E-state index in [2.05, 4.69) is 20.7 Å². The first kappa shape index (κ1) is 12.6. The topological polar surface area (TPSA) is 95.5 Å². The van der Waals surface area contributed by atoms with Gasteiger partial charge >= 0.3 is 5.97 Å². The van der Waals surface area contributed by atoms with E-state index in [-0.39, 0.29) is 5.69 Å². The van der Waals surface area contributed by atoms with E-state index in [0.717, 1.165) is 0 Å². The van der Waals surface area contributed by atoms with Crippen molar-refractivity contribution in [1.82, 2.24) is 0 Å². The highest BCUT2D eigenvalue weighted by Crippen LogP contribution is 2.24. The molecule has 0 fully saturated rings. The molecule has 16 heavy (non-hydrogen) atoms. The second kappa shape index (κ2) is 5.04. The number of non-ortho nitro benzene ring substituents is 1. The van der Waals surface area contributed by atoms with Crippen LogP contribution in [0.15, 0.2) is 22.7 Å². The number of nitro groups is 1. The lowest BCUT2D eigenvalue weighted by Crippen LogP contribution is -2.22. The van der Waals surface area contributed by atoms with Crippen LogP contribution in [0.25, 0.3) is 0 Å². The van der Waals surface area contributed by atoms with Crippen LogP contribution >= 0.6 is 15.9 Å². The van der Waals surface area contributed by atoms with Gasteiger partial charge in [-0.15, -0.1) is 0 Å². The third-order valence-corrected chi connectivity index (χ3v) is 2.39. The maximum Gasteiger partial charge on any atom is 0.327 e. The lowest BCUT2D eigenvalue weighted by molar-refractivity contribution is -0.385. The number of carbonyl (C=O) groups excluding carboxylic acids is 1. The van der Waals surface area contributed by atoms with Crippen molar-refractivity contribution in [3.63, 3.8) is 0 Å². The van der Waals surface area contributed by atoms with Crippen molar-refractivity contribution in [2.75, 3.05) is 7.11 Å². The number of esters is 1. The Labute approximate surface area is 99.7 Å². The second-order valence-corrected chi connectivity index (χ2v) is 3.92. The van der Waals surface area contributed by atoms with E-state index in [1.807, 2.05) is 0 Å². The number of methoxy groups -OCH3 is 1. The quantitative estimate of drug-likeness (QED) is 0.517. The molecule has 0 heterocycles. The van der Waals surface area contributed by atoms with Crippen molar-refractivity contribution in [1.29, 1.82) is 0 Å². The van der Waals surface area contributed by atoms with Crippen LogP contribution in [0.5, 0.6) is 0 Å². The largest absolute Gasteiger partial charge is 0.468 e. The Hall–Kier alpha value is -1.47. The fraction of sp³-hybridized carbons (Fsp3) is 0.222. The van der Waals surface area contributed by atoms with Gasteiger partial charge in [0.25, 0.3) is 5.69 Å². The maximum absolute atomic E-state index is 11.2. The number of hydrogen-bond acceptors (Lipinski definition) is 5. The molecular weight excluding hydrogens is 280 g/mol. The molecule has 0 aliphatic rings. The highest BCUT2D eigenvalue weighted by molar-refractivity contribution is 9.10. The molecule has 1 rings (SSSR count).